The van der Waals surface area contributed by atoms with E-state index in [1.807, 2.05) is 30.3 Å². The van der Waals surface area contributed by atoms with Gasteiger partial charge in [-0.05, 0) is 34.5 Å². The van der Waals surface area contributed by atoms with Crippen LogP contribution in [-0.2, 0) is 6.54 Å². The molecule has 2 aromatic rings. The van der Waals surface area contributed by atoms with Gasteiger partial charge < -0.3 is 5.32 Å². The molecule has 0 bridgehead atoms. The normalized spacial score (nSPS) is 10.3. The highest BCUT2D eigenvalue weighted by molar-refractivity contribution is 9.10. The predicted molar refractivity (Wildman–Crippen MR) is 75.7 cm³/mol. The minimum atomic E-state index is -0.0373. The smallest absolute Gasteiger partial charge is 0.267 e. The van der Waals surface area contributed by atoms with Crippen molar-refractivity contribution >= 4 is 21.6 Å². The van der Waals surface area contributed by atoms with Crippen LogP contribution in [0.5, 0.6) is 0 Å². The Bertz CT molecular complexity index is 554. The maximum atomic E-state index is 11.7. The molecule has 1 heterocycles. The third-order valence-electron chi connectivity index (χ3n) is 2.54. The van der Waals surface area contributed by atoms with Gasteiger partial charge in [0.05, 0.1) is 6.33 Å². The van der Waals surface area contributed by atoms with Crippen molar-refractivity contribution in [2.24, 2.45) is 0 Å². The van der Waals surface area contributed by atoms with Crippen LogP contribution in [0.3, 0.4) is 0 Å². The van der Waals surface area contributed by atoms with Crippen LogP contribution in [0.25, 0.3) is 0 Å². The van der Waals surface area contributed by atoms with E-state index in [4.69, 9.17) is 0 Å². The van der Waals surface area contributed by atoms with Crippen molar-refractivity contribution < 1.29 is 0 Å². The number of nitrogens with zero attached hydrogens (tertiary/aromatic N) is 2. The second-order valence-electron chi connectivity index (χ2n) is 3.89. The zero-order valence-corrected chi connectivity index (χ0v) is 11.4. The minimum absolute atomic E-state index is 0.0373. The van der Waals surface area contributed by atoms with Gasteiger partial charge in [0.15, 0.2) is 0 Å². The summed E-state index contributed by atoms with van der Waals surface area (Å²) in [4.78, 5) is 15.7. The Hall–Kier alpha value is -1.62. The Kier molecular flexibility index (Phi) is 4.52. The van der Waals surface area contributed by atoms with E-state index in [0.29, 0.717) is 11.0 Å². The number of rotatable bonds is 5. The first kappa shape index (κ1) is 12.8. The van der Waals surface area contributed by atoms with E-state index >= 15 is 0 Å². The van der Waals surface area contributed by atoms with E-state index in [1.165, 1.54) is 6.20 Å². The highest BCUT2D eigenvalue weighted by Gasteiger charge is 2.00. The van der Waals surface area contributed by atoms with E-state index in [-0.39, 0.29) is 5.56 Å². The summed E-state index contributed by atoms with van der Waals surface area (Å²) in [6.07, 6.45) is 3.95. The third kappa shape index (κ3) is 3.43. The Morgan fingerprint density at radius 2 is 2.06 bits per heavy atom. The van der Waals surface area contributed by atoms with Crippen LogP contribution in [0.4, 0.5) is 5.69 Å². The molecule has 0 aliphatic heterocycles. The molecule has 0 unspecified atom stereocenters. The van der Waals surface area contributed by atoms with Crippen molar-refractivity contribution in [3.8, 4) is 0 Å². The fraction of sp³-hybridized carbons (Fsp3) is 0.231. The number of nitrogens with one attached hydrogen (secondary N) is 1. The van der Waals surface area contributed by atoms with E-state index in [2.05, 4.69) is 26.2 Å². The minimum Gasteiger partial charge on any atom is -0.385 e. The molecule has 1 aromatic heterocycles. The Balaban J connectivity index is 1.82. The van der Waals surface area contributed by atoms with Gasteiger partial charge in [-0.2, -0.15) is 0 Å². The molecule has 0 aliphatic rings. The van der Waals surface area contributed by atoms with Crippen LogP contribution in [0, 0.1) is 0 Å². The number of aryl methyl sites for hydroxylation is 1. The summed E-state index contributed by atoms with van der Waals surface area (Å²) in [5.74, 6) is 0. The number of hydrogen-bond acceptors (Lipinski definition) is 3. The molecule has 1 aromatic carbocycles. The molecule has 0 radical (unpaired) electrons. The quantitative estimate of drug-likeness (QED) is 0.863. The lowest BCUT2D eigenvalue weighted by molar-refractivity contribution is 0.624. The average molecular weight is 308 g/mol. The molecular formula is C13H14BrN3O. The van der Waals surface area contributed by atoms with Gasteiger partial charge in [0, 0.05) is 25.0 Å². The summed E-state index contributed by atoms with van der Waals surface area (Å²) in [6.45, 7) is 1.48. The summed E-state index contributed by atoms with van der Waals surface area (Å²) in [5, 5.41) is 3.30. The maximum Gasteiger partial charge on any atom is 0.267 e. The molecule has 0 saturated carbocycles. The van der Waals surface area contributed by atoms with E-state index < -0.39 is 0 Å². The van der Waals surface area contributed by atoms with Crippen molar-refractivity contribution in [1.29, 1.82) is 0 Å². The monoisotopic (exact) mass is 307 g/mol. The first-order chi connectivity index (χ1) is 8.77. The second-order valence-corrected chi connectivity index (χ2v) is 4.74. The number of para-hydroxylation sites is 1. The highest BCUT2D eigenvalue weighted by atomic mass is 79.9. The molecule has 0 saturated heterocycles. The largest absolute Gasteiger partial charge is 0.385 e. The SMILES string of the molecule is O=c1c(Br)cncn1CCCNc1ccccc1. The maximum absolute atomic E-state index is 11.7. The molecule has 2 rings (SSSR count). The van der Waals surface area contributed by atoms with Gasteiger partial charge in [0.25, 0.3) is 5.56 Å². The zero-order valence-electron chi connectivity index (χ0n) is 9.84. The first-order valence-electron chi connectivity index (χ1n) is 5.76. The molecule has 0 atom stereocenters. The van der Waals surface area contributed by atoms with Crippen LogP contribution < -0.4 is 10.9 Å². The fourth-order valence-corrected chi connectivity index (χ4v) is 1.97. The summed E-state index contributed by atoms with van der Waals surface area (Å²) < 4.78 is 2.11. The number of hydrogen-bond donors (Lipinski definition) is 1. The van der Waals surface area contributed by atoms with Crippen LogP contribution in [0.1, 0.15) is 6.42 Å². The lowest BCUT2D eigenvalue weighted by Gasteiger charge is -2.07. The summed E-state index contributed by atoms with van der Waals surface area (Å²) in [7, 11) is 0. The summed E-state index contributed by atoms with van der Waals surface area (Å²) >= 11 is 3.18. The van der Waals surface area contributed by atoms with Crippen LogP contribution in [-0.4, -0.2) is 16.1 Å². The molecule has 0 aliphatic carbocycles. The predicted octanol–water partition coefficient (Wildman–Crippen LogP) is 2.51. The number of aromatic nitrogens is 2. The van der Waals surface area contributed by atoms with Crippen LogP contribution >= 0.6 is 15.9 Å². The lowest BCUT2D eigenvalue weighted by atomic mass is 10.3. The molecule has 0 fully saturated rings. The lowest BCUT2D eigenvalue weighted by Crippen LogP contribution is -2.21. The number of benzene rings is 1. The van der Waals surface area contributed by atoms with E-state index in [1.54, 1.807) is 10.9 Å². The fourth-order valence-electron chi connectivity index (χ4n) is 1.62. The van der Waals surface area contributed by atoms with E-state index in [0.717, 1.165) is 18.7 Å². The van der Waals surface area contributed by atoms with Crippen molar-refractivity contribution in [3.63, 3.8) is 0 Å². The molecule has 0 amide bonds. The molecular weight excluding hydrogens is 294 g/mol. The second kappa shape index (κ2) is 6.35. The highest BCUT2D eigenvalue weighted by Crippen LogP contribution is 2.04. The van der Waals surface area contributed by atoms with Gasteiger partial charge >= 0.3 is 0 Å². The van der Waals surface area contributed by atoms with Crippen molar-refractivity contribution in [3.05, 3.63) is 57.7 Å². The van der Waals surface area contributed by atoms with Gasteiger partial charge in [-0.3, -0.25) is 9.36 Å². The molecule has 94 valence electrons. The Labute approximate surface area is 114 Å². The average Bonchev–Trinajstić information content (AvgIpc) is 2.40. The summed E-state index contributed by atoms with van der Waals surface area (Å²) in [5.41, 5.74) is 1.06. The molecule has 4 nitrogen and oxygen atoms in total. The van der Waals surface area contributed by atoms with Crippen LogP contribution in [0.2, 0.25) is 0 Å². The molecule has 5 heteroatoms. The van der Waals surface area contributed by atoms with Gasteiger partial charge in [0.2, 0.25) is 0 Å². The van der Waals surface area contributed by atoms with Gasteiger partial charge in [-0.1, -0.05) is 18.2 Å². The zero-order chi connectivity index (χ0) is 12.8. The number of anilines is 1. The van der Waals surface area contributed by atoms with Crippen molar-refractivity contribution in [1.82, 2.24) is 9.55 Å². The van der Waals surface area contributed by atoms with Crippen LogP contribution in [0.15, 0.2) is 52.1 Å². The number of halogens is 1. The third-order valence-corrected chi connectivity index (χ3v) is 3.08. The molecule has 1 N–H and O–H groups in total. The standard InChI is InChI=1S/C13H14BrN3O/c14-12-9-15-10-17(13(12)18)8-4-7-16-11-5-2-1-3-6-11/h1-3,5-6,9-10,16H,4,7-8H2. The first-order valence-corrected chi connectivity index (χ1v) is 6.55. The Morgan fingerprint density at radius 1 is 1.28 bits per heavy atom. The molecule has 18 heavy (non-hydrogen) atoms. The van der Waals surface area contributed by atoms with Gasteiger partial charge in [0.1, 0.15) is 4.47 Å². The van der Waals surface area contributed by atoms with Crippen molar-refractivity contribution in [2.45, 2.75) is 13.0 Å². The topological polar surface area (TPSA) is 46.9 Å². The van der Waals surface area contributed by atoms with Gasteiger partial charge in [-0.15, -0.1) is 0 Å². The van der Waals surface area contributed by atoms with Crippen molar-refractivity contribution in [2.75, 3.05) is 11.9 Å². The molecule has 0 spiro atoms. The Morgan fingerprint density at radius 3 is 2.83 bits per heavy atom. The van der Waals surface area contributed by atoms with E-state index in [9.17, 15) is 4.79 Å². The summed E-state index contributed by atoms with van der Waals surface area (Å²) in [6, 6.07) is 10.0. The van der Waals surface area contributed by atoms with Gasteiger partial charge in [-0.25, -0.2) is 4.98 Å².